The molecule has 0 atom stereocenters. The van der Waals surface area contributed by atoms with Gasteiger partial charge < -0.3 is 15.5 Å². The van der Waals surface area contributed by atoms with Gasteiger partial charge in [0.2, 0.25) is 5.91 Å². The Kier molecular flexibility index (Phi) is 5.95. The van der Waals surface area contributed by atoms with Crippen molar-refractivity contribution in [1.29, 1.82) is 0 Å². The van der Waals surface area contributed by atoms with Gasteiger partial charge in [0, 0.05) is 5.69 Å². The van der Waals surface area contributed by atoms with Crippen LogP contribution in [0.5, 0.6) is 0 Å². The molecular weight excluding hydrogens is 244 g/mol. The molecule has 0 bridgehead atoms. The molecule has 5 heteroatoms. The second-order valence-corrected chi connectivity index (χ2v) is 4.67. The van der Waals surface area contributed by atoms with Gasteiger partial charge in [-0.1, -0.05) is 25.1 Å². The summed E-state index contributed by atoms with van der Waals surface area (Å²) >= 11 is 0. The number of amides is 1. The van der Waals surface area contributed by atoms with Crippen LogP contribution in [0.15, 0.2) is 24.3 Å². The zero-order valence-electron chi connectivity index (χ0n) is 11.4. The number of nitrogens with one attached hydrogen (secondary N) is 2. The van der Waals surface area contributed by atoms with Crippen molar-refractivity contribution < 1.29 is 15.0 Å². The first-order valence-electron chi connectivity index (χ1n) is 6.39. The third kappa shape index (κ3) is 4.31. The van der Waals surface area contributed by atoms with Crippen molar-refractivity contribution in [3.63, 3.8) is 0 Å². The molecule has 0 saturated heterocycles. The molecule has 4 N–H and O–H groups in total. The van der Waals surface area contributed by atoms with Crippen molar-refractivity contribution in [3.8, 4) is 0 Å². The Labute approximate surface area is 113 Å². The number of hydrogen-bond donors (Lipinski definition) is 4. The van der Waals surface area contributed by atoms with Crippen molar-refractivity contribution in [2.75, 3.05) is 25.1 Å². The molecule has 0 fully saturated rings. The Morgan fingerprint density at radius 3 is 2.42 bits per heavy atom. The lowest BCUT2D eigenvalue weighted by Gasteiger charge is -2.29. The molecule has 0 aliphatic rings. The molecule has 5 nitrogen and oxygen atoms in total. The minimum Gasteiger partial charge on any atom is -0.394 e. The number of aliphatic hydroxyl groups excluding tert-OH is 2. The molecule has 1 amide bonds. The minimum atomic E-state index is -0.803. The summed E-state index contributed by atoms with van der Waals surface area (Å²) in [5.41, 5.74) is 0.953. The van der Waals surface area contributed by atoms with Gasteiger partial charge in [-0.15, -0.1) is 0 Å². The summed E-state index contributed by atoms with van der Waals surface area (Å²) in [6.07, 6.45) is 0.539. The van der Waals surface area contributed by atoms with Gasteiger partial charge >= 0.3 is 0 Å². The van der Waals surface area contributed by atoms with Crippen LogP contribution in [0.3, 0.4) is 0 Å². The lowest BCUT2D eigenvalue weighted by molar-refractivity contribution is -0.116. The normalized spacial score (nSPS) is 11.4. The van der Waals surface area contributed by atoms with Crippen LogP contribution in [0.2, 0.25) is 0 Å². The number of para-hydroxylation sites is 1. The Bertz CT molecular complexity index is 409. The fourth-order valence-corrected chi connectivity index (χ4v) is 1.69. The van der Waals surface area contributed by atoms with E-state index in [4.69, 9.17) is 0 Å². The molecule has 106 valence electrons. The lowest BCUT2D eigenvalue weighted by atomic mass is 9.98. The van der Waals surface area contributed by atoms with Crippen molar-refractivity contribution >= 4 is 11.6 Å². The van der Waals surface area contributed by atoms with E-state index in [9.17, 15) is 15.0 Å². The average Bonchev–Trinajstić information content (AvgIpc) is 2.44. The summed E-state index contributed by atoms with van der Waals surface area (Å²) in [5, 5.41) is 24.2. The van der Waals surface area contributed by atoms with Crippen molar-refractivity contribution in [2.45, 2.75) is 25.8 Å². The minimum absolute atomic E-state index is 0.0449. The molecule has 0 unspecified atom stereocenters. The highest BCUT2D eigenvalue weighted by Gasteiger charge is 2.26. The molecule has 1 aromatic rings. The smallest absolute Gasteiger partial charge is 0.238 e. The first-order valence-corrected chi connectivity index (χ1v) is 6.39. The highest BCUT2D eigenvalue weighted by molar-refractivity contribution is 5.92. The highest BCUT2D eigenvalue weighted by Crippen LogP contribution is 2.13. The van der Waals surface area contributed by atoms with Gasteiger partial charge in [0.15, 0.2) is 0 Å². The summed E-state index contributed by atoms with van der Waals surface area (Å²) < 4.78 is 0. The van der Waals surface area contributed by atoms with Crippen LogP contribution in [-0.2, 0) is 4.79 Å². The topological polar surface area (TPSA) is 81.6 Å². The fraction of sp³-hybridized carbons (Fsp3) is 0.500. The zero-order chi connectivity index (χ0) is 14.3. The van der Waals surface area contributed by atoms with E-state index >= 15 is 0 Å². The van der Waals surface area contributed by atoms with E-state index in [1.807, 2.05) is 38.1 Å². The van der Waals surface area contributed by atoms with E-state index in [0.29, 0.717) is 6.42 Å². The molecule has 0 radical (unpaired) electrons. The maximum absolute atomic E-state index is 11.8. The van der Waals surface area contributed by atoms with Gasteiger partial charge in [-0.25, -0.2) is 0 Å². The van der Waals surface area contributed by atoms with Crippen LogP contribution in [0, 0.1) is 6.92 Å². The SMILES string of the molecule is CCC(CO)(CO)NCC(=O)Nc1ccccc1C. The molecule has 1 rings (SSSR count). The zero-order valence-corrected chi connectivity index (χ0v) is 11.4. The van der Waals surface area contributed by atoms with E-state index in [-0.39, 0.29) is 25.7 Å². The molecule has 0 spiro atoms. The number of anilines is 1. The first-order chi connectivity index (χ1) is 9.06. The number of hydrogen-bond acceptors (Lipinski definition) is 4. The van der Waals surface area contributed by atoms with Crippen LogP contribution < -0.4 is 10.6 Å². The summed E-state index contributed by atoms with van der Waals surface area (Å²) in [4.78, 5) is 11.8. The van der Waals surface area contributed by atoms with Crippen molar-refractivity contribution in [1.82, 2.24) is 5.32 Å². The van der Waals surface area contributed by atoms with Gasteiger partial charge in [-0.05, 0) is 25.0 Å². The molecule has 19 heavy (non-hydrogen) atoms. The standard InChI is InChI=1S/C14H22N2O3/c1-3-14(9-17,10-18)15-8-13(19)16-12-7-5-4-6-11(12)2/h4-7,15,17-18H,3,8-10H2,1-2H3,(H,16,19). The Balaban J connectivity index is 2.55. The summed E-state index contributed by atoms with van der Waals surface area (Å²) in [5.74, 6) is -0.200. The van der Waals surface area contributed by atoms with Crippen LogP contribution in [-0.4, -0.2) is 41.4 Å². The van der Waals surface area contributed by atoms with Crippen molar-refractivity contribution in [2.24, 2.45) is 0 Å². The molecule has 0 aliphatic heterocycles. The first kappa shape index (κ1) is 15.6. The lowest BCUT2D eigenvalue weighted by Crippen LogP contribution is -2.53. The monoisotopic (exact) mass is 266 g/mol. The van der Waals surface area contributed by atoms with Gasteiger partial charge in [0.1, 0.15) is 0 Å². The number of rotatable bonds is 7. The van der Waals surface area contributed by atoms with Crippen LogP contribution in [0.25, 0.3) is 0 Å². The summed E-state index contributed by atoms with van der Waals surface area (Å²) in [6.45, 7) is 3.39. The largest absolute Gasteiger partial charge is 0.394 e. The van der Waals surface area contributed by atoms with Gasteiger partial charge in [0.25, 0.3) is 0 Å². The predicted octanol–water partition coefficient (Wildman–Crippen LogP) is 0.657. The number of carbonyl (C=O) groups is 1. The molecule has 0 aromatic heterocycles. The van der Waals surface area contributed by atoms with Crippen LogP contribution in [0.1, 0.15) is 18.9 Å². The second kappa shape index (κ2) is 7.23. The highest BCUT2D eigenvalue weighted by atomic mass is 16.3. The van der Waals surface area contributed by atoms with E-state index in [1.54, 1.807) is 0 Å². The number of carbonyl (C=O) groups excluding carboxylic acids is 1. The van der Waals surface area contributed by atoms with E-state index in [2.05, 4.69) is 10.6 Å². The van der Waals surface area contributed by atoms with E-state index in [0.717, 1.165) is 11.3 Å². The fourth-order valence-electron chi connectivity index (χ4n) is 1.69. The van der Waals surface area contributed by atoms with Gasteiger partial charge in [-0.2, -0.15) is 0 Å². The molecular formula is C14H22N2O3. The number of aryl methyl sites for hydroxylation is 1. The second-order valence-electron chi connectivity index (χ2n) is 4.67. The quantitative estimate of drug-likeness (QED) is 0.584. The maximum atomic E-state index is 11.8. The molecule has 0 aliphatic carbocycles. The summed E-state index contributed by atoms with van der Waals surface area (Å²) in [6, 6.07) is 7.51. The Hall–Kier alpha value is -1.43. The maximum Gasteiger partial charge on any atom is 0.238 e. The predicted molar refractivity (Wildman–Crippen MR) is 75.0 cm³/mol. The summed E-state index contributed by atoms with van der Waals surface area (Å²) in [7, 11) is 0. The van der Waals surface area contributed by atoms with Gasteiger partial charge in [0.05, 0.1) is 25.3 Å². The Morgan fingerprint density at radius 2 is 1.89 bits per heavy atom. The van der Waals surface area contributed by atoms with Crippen LogP contribution in [0.4, 0.5) is 5.69 Å². The third-order valence-corrected chi connectivity index (χ3v) is 3.33. The van der Waals surface area contributed by atoms with Crippen molar-refractivity contribution in [3.05, 3.63) is 29.8 Å². The average molecular weight is 266 g/mol. The molecule has 0 saturated carbocycles. The van der Waals surface area contributed by atoms with Crippen LogP contribution >= 0.6 is 0 Å². The van der Waals surface area contributed by atoms with E-state index < -0.39 is 5.54 Å². The number of aliphatic hydroxyl groups is 2. The Morgan fingerprint density at radius 1 is 1.26 bits per heavy atom. The molecule has 0 heterocycles. The van der Waals surface area contributed by atoms with E-state index in [1.165, 1.54) is 0 Å². The number of benzene rings is 1. The van der Waals surface area contributed by atoms with Gasteiger partial charge in [-0.3, -0.25) is 10.1 Å². The molecule has 1 aromatic carbocycles. The third-order valence-electron chi connectivity index (χ3n) is 3.33.